The Bertz CT molecular complexity index is 489. The van der Waals surface area contributed by atoms with Crippen LogP contribution in [0.15, 0.2) is 0 Å². The molecule has 5 nitrogen and oxygen atoms in total. The molecule has 0 aromatic carbocycles. The normalized spacial score (nSPS) is 19.3. The molecule has 1 aromatic rings. The molecule has 0 aliphatic heterocycles. The lowest BCUT2D eigenvalue weighted by atomic mass is 9.92. The summed E-state index contributed by atoms with van der Waals surface area (Å²) >= 11 is 0. The summed E-state index contributed by atoms with van der Waals surface area (Å²) in [6, 6.07) is -0.188. The second-order valence-corrected chi connectivity index (χ2v) is 5.62. The van der Waals surface area contributed by atoms with Crippen molar-refractivity contribution in [2.24, 2.45) is 0 Å². The Morgan fingerprint density at radius 2 is 2.00 bits per heavy atom. The third kappa shape index (κ3) is 3.32. The highest BCUT2D eigenvalue weighted by Gasteiger charge is 2.35. The quantitative estimate of drug-likeness (QED) is 0.928. The molecule has 0 unspecified atom stereocenters. The predicted molar refractivity (Wildman–Crippen MR) is 69.8 cm³/mol. The average Bonchev–Trinajstić information content (AvgIpc) is 2.74. The van der Waals surface area contributed by atoms with Crippen LogP contribution in [0, 0.1) is 6.92 Å². The van der Waals surface area contributed by atoms with Gasteiger partial charge in [-0.1, -0.05) is 0 Å². The molecule has 1 heterocycles. The number of alkyl halides is 2. The van der Waals surface area contributed by atoms with E-state index in [2.05, 4.69) is 15.4 Å². The first-order valence-corrected chi connectivity index (χ1v) is 6.90. The fourth-order valence-corrected chi connectivity index (χ4v) is 2.38. The molecule has 112 valence electrons. The van der Waals surface area contributed by atoms with E-state index in [4.69, 9.17) is 0 Å². The number of nitrogens with zero attached hydrogens (tertiary/aromatic N) is 3. The van der Waals surface area contributed by atoms with Crippen LogP contribution in [0.2, 0.25) is 0 Å². The molecular formula is C13H20F2N4O. The molecule has 20 heavy (non-hydrogen) atoms. The van der Waals surface area contributed by atoms with Gasteiger partial charge in [0.2, 0.25) is 11.7 Å². The number of nitrogens with one attached hydrogen (secondary N) is 1. The zero-order chi connectivity index (χ0) is 14.9. The van der Waals surface area contributed by atoms with Gasteiger partial charge in [0.1, 0.15) is 5.82 Å². The first-order valence-electron chi connectivity index (χ1n) is 6.90. The summed E-state index contributed by atoms with van der Waals surface area (Å²) in [5, 5.41) is 6.96. The van der Waals surface area contributed by atoms with E-state index < -0.39 is 5.92 Å². The first-order chi connectivity index (χ1) is 9.28. The maximum atomic E-state index is 13.1. The summed E-state index contributed by atoms with van der Waals surface area (Å²) < 4.78 is 27.7. The van der Waals surface area contributed by atoms with Crippen molar-refractivity contribution in [3.63, 3.8) is 0 Å². The number of hydrogen-bond donors (Lipinski definition) is 1. The van der Waals surface area contributed by atoms with Gasteiger partial charge in [0.15, 0.2) is 0 Å². The smallest absolute Gasteiger partial charge is 0.289 e. The van der Waals surface area contributed by atoms with Crippen LogP contribution < -0.4 is 5.32 Å². The van der Waals surface area contributed by atoms with E-state index in [0.717, 1.165) is 0 Å². The maximum Gasteiger partial charge on any atom is 0.289 e. The SMILES string of the molecule is Cc1nc(C(=O)NC2CCC(F)(F)CC2)n(C(C)C)n1. The van der Waals surface area contributed by atoms with Gasteiger partial charge in [0.25, 0.3) is 5.91 Å². The summed E-state index contributed by atoms with van der Waals surface area (Å²) in [7, 11) is 0. The predicted octanol–water partition coefficient (Wildman–Crippen LogP) is 2.48. The number of rotatable bonds is 3. The lowest BCUT2D eigenvalue weighted by Crippen LogP contribution is -2.41. The lowest BCUT2D eigenvalue weighted by molar-refractivity contribution is -0.0399. The highest BCUT2D eigenvalue weighted by Crippen LogP contribution is 2.33. The third-order valence-electron chi connectivity index (χ3n) is 3.48. The van der Waals surface area contributed by atoms with E-state index in [9.17, 15) is 13.6 Å². The number of amides is 1. The van der Waals surface area contributed by atoms with Crippen molar-refractivity contribution in [1.29, 1.82) is 0 Å². The van der Waals surface area contributed by atoms with E-state index in [1.165, 1.54) is 0 Å². The molecule has 0 bridgehead atoms. The van der Waals surface area contributed by atoms with E-state index in [-0.39, 0.29) is 36.7 Å². The van der Waals surface area contributed by atoms with E-state index in [1.54, 1.807) is 11.6 Å². The van der Waals surface area contributed by atoms with Crippen molar-refractivity contribution in [2.45, 2.75) is 64.5 Å². The van der Waals surface area contributed by atoms with Crippen LogP contribution in [0.4, 0.5) is 8.78 Å². The summed E-state index contributed by atoms with van der Waals surface area (Å²) in [6.45, 7) is 5.54. The Morgan fingerprint density at radius 1 is 1.40 bits per heavy atom. The van der Waals surface area contributed by atoms with Crippen molar-refractivity contribution < 1.29 is 13.6 Å². The van der Waals surface area contributed by atoms with Gasteiger partial charge in [-0.3, -0.25) is 4.79 Å². The number of halogens is 2. The van der Waals surface area contributed by atoms with Gasteiger partial charge in [-0.2, -0.15) is 5.10 Å². The molecule has 0 atom stereocenters. The standard InChI is InChI=1S/C13H20F2N4O/c1-8(2)19-11(16-9(3)18-19)12(20)17-10-4-6-13(14,15)7-5-10/h8,10H,4-7H2,1-3H3,(H,17,20). The number of aryl methyl sites for hydroxylation is 1. The van der Waals surface area contributed by atoms with Gasteiger partial charge in [-0.15, -0.1) is 0 Å². The van der Waals surface area contributed by atoms with Crippen molar-refractivity contribution >= 4 is 5.91 Å². The van der Waals surface area contributed by atoms with E-state index >= 15 is 0 Å². The molecule has 1 saturated carbocycles. The van der Waals surface area contributed by atoms with Crippen molar-refractivity contribution in [2.75, 3.05) is 0 Å². The fraction of sp³-hybridized carbons (Fsp3) is 0.769. The first kappa shape index (κ1) is 14.9. The van der Waals surface area contributed by atoms with E-state index in [1.807, 2.05) is 13.8 Å². The monoisotopic (exact) mass is 286 g/mol. The topological polar surface area (TPSA) is 59.8 Å². The number of aromatic nitrogens is 3. The molecular weight excluding hydrogens is 266 g/mol. The lowest BCUT2D eigenvalue weighted by Gasteiger charge is -2.28. The molecule has 1 amide bonds. The Morgan fingerprint density at radius 3 is 2.55 bits per heavy atom. The van der Waals surface area contributed by atoms with Crippen LogP contribution in [0.3, 0.4) is 0 Å². The van der Waals surface area contributed by atoms with Gasteiger partial charge in [0.05, 0.1) is 0 Å². The molecule has 2 rings (SSSR count). The molecule has 7 heteroatoms. The van der Waals surface area contributed by atoms with Crippen LogP contribution in [-0.4, -0.2) is 32.6 Å². The maximum absolute atomic E-state index is 13.1. The van der Waals surface area contributed by atoms with Crippen LogP contribution in [0.5, 0.6) is 0 Å². The zero-order valence-electron chi connectivity index (χ0n) is 12.0. The van der Waals surface area contributed by atoms with Crippen LogP contribution in [0.25, 0.3) is 0 Å². The molecule has 1 N–H and O–H groups in total. The molecule has 1 aromatic heterocycles. The number of carbonyl (C=O) groups excluding carboxylic acids is 1. The Hall–Kier alpha value is -1.53. The number of carbonyl (C=O) groups is 1. The minimum atomic E-state index is -2.59. The van der Waals surface area contributed by atoms with Crippen LogP contribution in [-0.2, 0) is 0 Å². The van der Waals surface area contributed by atoms with Gasteiger partial charge in [0, 0.05) is 24.9 Å². The molecule has 1 aliphatic rings. The molecule has 1 aliphatic carbocycles. The van der Waals surface area contributed by atoms with Crippen molar-refractivity contribution in [1.82, 2.24) is 20.1 Å². The molecule has 0 spiro atoms. The number of hydrogen-bond acceptors (Lipinski definition) is 3. The summed E-state index contributed by atoms with van der Waals surface area (Å²) in [4.78, 5) is 16.3. The Labute approximate surface area is 116 Å². The second-order valence-electron chi connectivity index (χ2n) is 5.62. The highest BCUT2D eigenvalue weighted by molar-refractivity contribution is 5.90. The minimum absolute atomic E-state index is 0.0210. The van der Waals surface area contributed by atoms with Gasteiger partial charge >= 0.3 is 0 Å². The van der Waals surface area contributed by atoms with Gasteiger partial charge in [-0.25, -0.2) is 18.4 Å². The Balaban J connectivity index is 2.02. The largest absolute Gasteiger partial charge is 0.347 e. The molecule has 0 saturated heterocycles. The van der Waals surface area contributed by atoms with Gasteiger partial charge in [-0.05, 0) is 33.6 Å². The molecule has 1 fully saturated rings. The zero-order valence-corrected chi connectivity index (χ0v) is 12.0. The molecule has 0 radical (unpaired) electrons. The minimum Gasteiger partial charge on any atom is -0.347 e. The second kappa shape index (κ2) is 5.46. The van der Waals surface area contributed by atoms with Crippen molar-refractivity contribution in [3.8, 4) is 0 Å². The Kier molecular flexibility index (Phi) is 4.06. The fourth-order valence-electron chi connectivity index (χ4n) is 2.38. The van der Waals surface area contributed by atoms with E-state index in [0.29, 0.717) is 18.7 Å². The van der Waals surface area contributed by atoms with Crippen molar-refractivity contribution in [3.05, 3.63) is 11.6 Å². The third-order valence-corrected chi connectivity index (χ3v) is 3.48. The summed E-state index contributed by atoms with van der Waals surface area (Å²) in [6.07, 6.45) is 0.253. The van der Waals surface area contributed by atoms with Crippen LogP contribution in [0.1, 0.15) is 62.0 Å². The van der Waals surface area contributed by atoms with Crippen LogP contribution >= 0.6 is 0 Å². The summed E-state index contributed by atoms with van der Waals surface area (Å²) in [5.41, 5.74) is 0. The highest BCUT2D eigenvalue weighted by atomic mass is 19.3. The van der Waals surface area contributed by atoms with Gasteiger partial charge < -0.3 is 5.32 Å². The average molecular weight is 286 g/mol. The summed E-state index contributed by atoms with van der Waals surface area (Å²) in [5.74, 6) is -2.15.